The van der Waals surface area contributed by atoms with Crippen LogP contribution in [0.25, 0.3) is 0 Å². The predicted octanol–water partition coefficient (Wildman–Crippen LogP) is 1.15. The van der Waals surface area contributed by atoms with E-state index in [2.05, 4.69) is 11.4 Å². The van der Waals surface area contributed by atoms with Crippen molar-refractivity contribution in [2.24, 2.45) is 5.92 Å². The summed E-state index contributed by atoms with van der Waals surface area (Å²) in [6.45, 7) is 2.29. The lowest BCUT2D eigenvalue weighted by Crippen LogP contribution is -2.28. The van der Waals surface area contributed by atoms with Crippen LogP contribution in [0.4, 0.5) is 0 Å². The molecular formula is C8H15NO. The standard InChI is InChI=1S/C8H15NO/c1-10-6-4-8-3-2-5-9-7-8/h4,6,8-9H,2-3,5,7H2,1H3. The summed E-state index contributed by atoms with van der Waals surface area (Å²) in [6.07, 6.45) is 6.50. The van der Waals surface area contributed by atoms with Crippen LogP contribution in [0.3, 0.4) is 0 Å². The fourth-order valence-corrected chi connectivity index (χ4v) is 1.23. The minimum Gasteiger partial charge on any atom is -0.505 e. The van der Waals surface area contributed by atoms with E-state index in [0.717, 1.165) is 6.54 Å². The molecule has 0 spiro atoms. The first-order chi connectivity index (χ1) is 4.93. The molecule has 0 aromatic heterocycles. The van der Waals surface area contributed by atoms with Crippen molar-refractivity contribution < 1.29 is 4.74 Å². The zero-order chi connectivity index (χ0) is 7.23. The molecule has 0 saturated carbocycles. The fraction of sp³-hybridized carbons (Fsp3) is 0.750. The van der Waals surface area contributed by atoms with E-state index in [1.807, 2.05) is 0 Å². The van der Waals surface area contributed by atoms with Gasteiger partial charge in [-0.25, -0.2) is 0 Å². The Morgan fingerprint density at radius 3 is 3.10 bits per heavy atom. The molecule has 1 atom stereocenters. The molecule has 0 aliphatic carbocycles. The monoisotopic (exact) mass is 141 g/mol. The predicted molar refractivity (Wildman–Crippen MR) is 41.7 cm³/mol. The number of nitrogens with one attached hydrogen (secondary N) is 1. The van der Waals surface area contributed by atoms with Gasteiger partial charge in [-0.05, 0) is 31.4 Å². The molecule has 1 rings (SSSR count). The Kier molecular flexibility index (Phi) is 3.30. The summed E-state index contributed by atoms with van der Waals surface area (Å²) >= 11 is 0. The van der Waals surface area contributed by atoms with Crippen LogP contribution in [0.1, 0.15) is 12.8 Å². The highest BCUT2D eigenvalue weighted by atomic mass is 16.5. The maximum Gasteiger partial charge on any atom is 0.0788 e. The number of hydrogen-bond acceptors (Lipinski definition) is 2. The Hall–Kier alpha value is -0.500. The van der Waals surface area contributed by atoms with Crippen LogP contribution in [0.2, 0.25) is 0 Å². The lowest BCUT2D eigenvalue weighted by atomic mass is 10.0. The van der Waals surface area contributed by atoms with Crippen molar-refractivity contribution in [1.29, 1.82) is 0 Å². The smallest absolute Gasteiger partial charge is 0.0788 e. The molecule has 1 saturated heterocycles. The first-order valence-corrected chi connectivity index (χ1v) is 3.83. The van der Waals surface area contributed by atoms with Crippen molar-refractivity contribution in [3.05, 3.63) is 12.3 Å². The first-order valence-electron chi connectivity index (χ1n) is 3.83. The van der Waals surface area contributed by atoms with Gasteiger partial charge in [0.25, 0.3) is 0 Å². The van der Waals surface area contributed by atoms with E-state index in [1.165, 1.54) is 19.4 Å². The van der Waals surface area contributed by atoms with Crippen molar-refractivity contribution in [2.75, 3.05) is 20.2 Å². The van der Waals surface area contributed by atoms with Crippen molar-refractivity contribution in [3.8, 4) is 0 Å². The van der Waals surface area contributed by atoms with Gasteiger partial charge in [0.15, 0.2) is 0 Å². The molecule has 2 heteroatoms. The lowest BCUT2D eigenvalue weighted by molar-refractivity contribution is 0.329. The summed E-state index contributed by atoms with van der Waals surface area (Å²) in [6, 6.07) is 0. The Morgan fingerprint density at radius 1 is 1.60 bits per heavy atom. The van der Waals surface area contributed by atoms with Gasteiger partial charge in [0.1, 0.15) is 0 Å². The van der Waals surface area contributed by atoms with Crippen molar-refractivity contribution in [2.45, 2.75) is 12.8 Å². The Morgan fingerprint density at radius 2 is 2.50 bits per heavy atom. The summed E-state index contributed by atoms with van der Waals surface area (Å²) in [4.78, 5) is 0. The number of rotatable bonds is 2. The minimum absolute atomic E-state index is 0.689. The number of ether oxygens (including phenoxy) is 1. The molecule has 0 amide bonds. The van der Waals surface area contributed by atoms with Gasteiger partial charge in [0, 0.05) is 6.54 Å². The van der Waals surface area contributed by atoms with Crippen LogP contribution in [-0.4, -0.2) is 20.2 Å². The van der Waals surface area contributed by atoms with E-state index in [-0.39, 0.29) is 0 Å². The van der Waals surface area contributed by atoms with E-state index in [9.17, 15) is 0 Å². The molecule has 0 radical (unpaired) electrons. The minimum atomic E-state index is 0.689. The largest absolute Gasteiger partial charge is 0.505 e. The summed E-state index contributed by atoms with van der Waals surface area (Å²) in [5, 5.41) is 3.34. The maximum absolute atomic E-state index is 4.84. The van der Waals surface area contributed by atoms with E-state index in [4.69, 9.17) is 4.74 Å². The van der Waals surface area contributed by atoms with Gasteiger partial charge in [0.2, 0.25) is 0 Å². The summed E-state index contributed by atoms with van der Waals surface area (Å²) in [5.41, 5.74) is 0. The topological polar surface area (TPSA) is 21.3 Å². The van der Waals surface area contributed by atoms with E-state index in [0.29, 0.717) is 5.92 Å². The summed E-state index contributed by atoms with van der Waals surface area (Å²) in [5.74, 6) is 0.689. The second-order valence-electron chi connectivity index (χ2n) is 2.67. The third-order valence-corrected chi connectivity index (χ3v) is 1.82. The van der Waals surface area contributed by atoms with Gasteiger partial charge < -0.3 is 10.1 Å². The van der Waals surface area contributed by atoms with Gasteiger partial charge in [-0.1, -0.05) is 0 Å². The van der Waals surface area contributed by atoms with Gasteiger partial charge >= 0.3 is 0 Å². The van der Waals surface area contributed by atoms with Crippen LogP contribution in [0, 0.1) is 5.92 Å². The third-order valence-electron chi connectivity index (χ3n) is 1.82. The average molecular weight is 141 g/mol. The van der Waals surface area contributed by atoms with E-state index >= 15 is 0 Å². The molecule has 1 unspecified atom stereocenters. The highest BCUT2D eigenvalue weighted by molar-refractivity contribution is 4.86. The molecule has 1 aliphatic heterocycles. The number of piperidine rings is 1. The van der Waals surface area contributed by atoms with Crippen molar-refractivity contribution in [3.63, 3.8) is 0 Å². The average Bonchev–Trinajstić information content (AvgIpc) is 2.03. The maximum atomic E-state index is 4.84. The highest BCUT2D eigenvalue weighted by Gasteiger charge is 2.08. The molecule has 1 fully saturated rings. The van der Waals surface area contributed by atoms with Crippen LogP contribution in [0.5, 0.6) is 0 Å². The first kappa shape index (κ1) is 7.61. The normalized spacial score (nSPS) is 27.1. The van der Waals surface area contributed by atoms with Crippen LogP contribution >= 0.6 is 0 Å². The van der Waals surface area contributed by atoms with Crippen LogP contribution < -0.4 is 5.32 Å². The molecule has 1 aliphatic rings. The molecule has 0 bridgehead atoms. The van der Waals surface area contributed by atoms with E-state index < -0.39 is 0 Å². The third kappa shape index (κ3) is 2.40. The van der Waals surface area contributed by atoms with Gasteiger partial charge in [-0.2, -0.15) is 0 Å². The summed E-state index contributed by atoms with van der Waals surface area (Å²) < 4.78 is 4.84. The zero-order valence-corrected chi connectivity index (χ0v) is 6.47. The van der Waals surface area contributed by atoms with Gasteiger partial charge in [0.05, 0.1) is 13.4 Å². The molecule has 10 heavy (non-hydrogen) atoms. The number of hydrogen-bond donors (Lipinski definition) is 1. The second-order valence-corrected chi connectivity index (χ2v) is 2.67. The summed E-state index contributed by atoms with van der Waals surface area (Å²) in [7, 11) is 1.69. The van der Waals surface area contributed by atoms with Crippen LogP contribution in [0.15, 0.2) is 12.3 Å². The second kappa shape index (κ2) is 4.34. The highest BCUT2D eigenvalue weighted by Crippen LogP contribution is 2.10. The Bertz CT molecular complexity index is 106. The fourth-order valence-electron chi connectivity index (χ4n) is 1.23. The molecule has 0 aromatic carbocycles. The Labute approximate surface area is 62.3 Å². The molecule has 58 valence electrons. The Balaban J connectivity index is 2.19. The number of methoxy groups -OCH3 is 1. The SMILES string of the molecule is COC=CC1CCCNC1. The molecule has 0 aromatic rings. The van der Waals surface area contributed by atoms with Crippen molar-refractivity contribution >= 4 is 0 Å². The van der Waals surface area contributed by atoms with Gasteiger partial charge in [-0.15, -0.1) is 0 Å². The quantitative estimate of drug-likeness (QED) is 0.582. The molecule has 2 nitrogen and oxygen atoms in total. The lowest BCUT2D eigenvalue weighted by Gasteiger charge is -2.18. The molecule has 1 heterocycles. The molecular weight excluding hydrogens is 126 g/mol. The zero-order valence-electron chi connectivity index (χ0n) is 6.47. The molecule has 1 N–H and O–H groups in total. The van der Waals surface area contributed by atoms with Crippen molar-refractivity contribution in [1.82, 2.24) is 5.32 Å². The van der Waals surface area contributed by atoms with Crippen LogP contribution in [-0.2, 0) is 4.74 Å². The van der Waals surface area contributed by atoms with Gasteiger partial charge in [-0.3, -0.25) is 0 Å². The van der Waals surface area contributed by atoms with E-state index in [1.54, 1.807) is 13.4 Å².